The Morgan fingerprint density at radius 1 is 1.11 bits per heavy atom. The molecule has 2 aromatic carbocycles. The van der Waals surface area contributed by atoms with Crippen LogP contribution in [0.25, 0.3) is 32.6 Å². The Bertz CT molecular complexity index is 1500. The topological polar surface area (TPSA) is 98.2 Å². The zero-order valence-corrected chi connectivity index (χ0v) is 15.0. The monoisotopic (exact) mass is 387 g/mol. The summed E-state index contributed by atoms with van der Waals surface area (Å²) >= 11 is 1.35. The van der Waals surface area contributed by atoms with Crippen molar-refractivity contribution in [3.8, 4) is 6.07 Å². The summed E-state index contributed by atoms with van der Waals surface area (Å²) in [7, 11) is 0. The lowest BCUT2D eigenvalue weighted by Gasteiger charge is -2.05. The van der Waals surface area contributed by atoms with Gasteiger partial charge in [-0.05, 0) is 36.4 Å². The fraction of sp³-hybridized carbons (Fsp3) is 0. The molecule has 3 heterocycles. The van der Waals surface area contributed by atoms with E-state index in [2.05, 4.69) is 19.9 Å². The molecule has 0 atom stereocenters. The van der Waals surface area contributed by atoms with Crippen LogP contribution in [0.2, 0.25) is 0 Å². The Balaban J connectivity index is 1.80. The van der Waals surface area contributed by atoms with E-state index in [9.17, 15) is 9.18 Å². The van der Waals surface area contributed by atoms with Crippen LogP contribution in [-0.4, -0.2) is 19.9 Å². The van der Waals surface area contributed by atoms with Crippen LogP contribution in [0.3, 0.4) is 0 Å². The minimum Gasteiger partial charge on any atom is -0.332 e. The lowest BCUT2D eigenvalue weighted by Crippen LogP contribution is -2.05. The van der Waals surface area contributed by atoms with E-state index in [0.29, 0.717) is 37.9 Å². The van der Waals surface area contributed by atoms with Crippen LogP contribution in [0.1, 0.15) is 5.69 Å². The number of rotatable bonds is 2. The molecule has 5 aromatic rings. The van der Waals surface area contributed by atoms with Gasteiger partial charge in [-0.1, -0.05) is 11.8 Å². The second-order valence-corrected chi connectivity index (χ2v) is 7.20. The predicted octanol–water partition coefficient (Wildman–Crippen LogP) is 4.11. The van der Waals surface area contributed by atoms with E-state index in [1.54, 1.807) is 36.7 Å². The smallest absolute Gasteiger partial charge is 0.256 e. The van der Waals surface area contributed by atoms with Gasteiger partial charge in [-0.2, -0.15) is 5.26 Å². The molecule has 0 aliphatic carbocycles. The highest BCUT2D eigenvalue weighted by molar-refractivity contribution is 7.99. The zero-order valence-electron chi connectivity index (χ0n) is 14.2. The third-order valence-corrected chi connectivity index (χ3v) is 5.36. The van der Waals surface area contributed by atoms with E-state index in [-0.39, 0.29) is 5.56 Å². The van der Waals surface area contributed by atoms with E-state index >= 15 is 0 Å². The molecule has 0 fully saturated rings. The second-order valence-electron chi connectivity index (χ2n) is 6.14. The van der Waals surface area contributed by atoms with Crippen LogP contribution in [0.4, 0.5) is 4.39 Å². The normalized spacial score (nSPS) is 11.3. The number of aromatic amines is 2. The molecule has 2 N–H and O–H groups in total. The molecule has 0 unspecified atom stereocenters. The van der Waals surface area contributed by atoms with Crippen LogP contribution < -0.4 is 5.56 Å². The Hall–Kier alpha value is -3.70. The van der Waals surface area contributed by atoms with Crippen LogP contribution in [0.15, 0.2) is 63.6 Å². The molecule has 5 rings (SSSR count). The molecule has 0 spiro atoms. The maximum absolute atomic E-state index is 13.9. The molecule has 28 heavy (non-hydrogen) atoms. The van der Waals surface area contributed by atoms with Crippen molar-refractivity contribution in [3.63, 3.8) is 0 Å². The number of aromatic nitrogens is 4. The minimum absolute atomic E-state index is 0.292. The summed E-state index contributed by atoms with van der Waals surface area (Å²) < 4.78 is 13.9. The number of H-pyrrole nitrogens is 2. The highest BCUT2D eigenvalue weighted by Crippen LogP contribution is 2.35. The van der Waals surface area contributed by atoms with Gasteiger partial charge in [0.2, 0.25) is 0 Å². The Morgan fingerprint density at radius 2 is 2.00 bits per heavy atom. The molecule has 0 aliphatic rings. The zero-order chi connectivity index (χ0) is 19.3. The highest BCUT2D eigenvalue weighted by atomic mass is 32.2. The maximum Gasteiger partial charge on any atom is 0.256 e. The number of pyridine rings is 2. The number of nitrogens with one attached hydrogen (secondary N) is 2. The predicted molar refractivity (Wildman–Crippen MR) is 105 cm³/mol. The molecule has 0 amide bonds. The Kier molecular flexibility index (Phi) is 3.64. The van der Waals surface area contributed by atoms with Crippen molar-refractivity contribution < 1.29 is 4.39 Å². The fourth-order valence-corrected chi connectivity index (χ4v) is 4.13. The number of nitriles is 1. The summed E-state index contributed by atoms with van der Waals surface area (Å²) in [5.74, 6) is -0.411. The number of nitrogens with zero attached hydrogens (tertiary/aromatic N) is 3. The first-order valence-corrected chi connectivity index (χ1v) is 9.12. The van der Waals surface area contributed by atoms with Gasteiger partial charge in [-0.3, -0.25) is 4.79 Å². The Labute approximate surface area is 161 Å². The third-order valence-electron chi connectivity index (χ3n) is 4.48. The molecule has 6 nitrogen and oxygen atoms in total. The highest BCUT2D eigenvalue weighted by Gasteiger charge is 2.16. The standard InChI is InChI=1S/C20H10FN5OS/c21-10-1-2-13-15(7-10)16-14(4-6-24-19(16)27)18-17(13)25-20(26-18)28-12-3-5-23-11(8-12)9-22/h1-8H,(H,24,27)(H,25,26). The summed E-state index contributed by atoms with van der Waals surface area (Å²) in [6, 6.07) is 11.6. The molecule has 0 bridgehead atoms. The average Bonchev–Trinajstić information content (AvgIpc) is 3.12. The summed E-state index contributed by atoms with van der Waals surface area (Å²) in [6.45, 7) is 0. The number of hydrogen-bond acceptors (Lipinski definition) is 5. The average molecular weight is 387 g/mol. The lowest BCUT2D eigenvalue weighted by molar-refractivity contribution is 0.630. The first-order chi connectivity index (χ1) is 13.6. The summed E-state index contributed by atoms with van der Waals surface area (Å²) in [5, 5.41) is 11.9. The molecule has 0 saturated carbocycles. The maximum atomic E-state index is 13.9. The third kappa shape index (κ3) is 2.52. The fourth-order valence-electron chi connectivity index (χ4n) is 3.32. The molecule has 0 saturated heterocycles. The second kappa shape index (κ2) is 6.18. The van der Waals surface area contributed by atoms with E-state index in [1.165, 1.54) is 23.9 Å². The molecule has 0 radical (unpaired) electrons. The van der Waals surface area contributed by atoms with Gasteiger partial charge in [0.15, 0.2) is 5.16 Å². The van der Waals surface area contributed by atoms with Crippen LogP contribution in [0.5, 0.6) is 0 Å². The van der Waals surface area contributed by atoms with Crippen LogP contribution >= 0.6 is 11.8 Å². The summed E-state index contributed by atoms with van der Waals surface area (Å²) in [6.07, 6.45) is 3.12. The van der Waals surface area contributed by atoms with Crippen LogP contribution in [0, 0.1) is 17.1 Å². The molecular weight excluding hydrogens is 377 g/mol. The van der Waals surface area contributed by atoms with Crippen molar-refractivity contribution in [1.82, 2.24) is 19.9 Å². The SMILES string of the molecule is N#Cc1cc(Sc2nc3c4cc[nH]c(=O)c4c4cc(F)ccc4c3[nH]2)ccn1. The molecule has 134 valence electrons. The minimum atomic E-state index is -0.411. The van der Waals surface area contributed by atoms with E-state index < -0.39 is 5.82 Å². The number of hydrogen-bond donors (Lipinski definition) is 2. The van der Waals surface area contributed by atoms with Gasteiger partial charge in [-0.25, -0.2) is 14.4 Å². The number of imidazole rings is 1. The van der Waals surface area contributed by atoms with Gasteiger partial charge in [0.05, 0.1) is 16.4 Å². The number of halogens is 1. The Morgan fingerprint density at radius 3 is 2.86 bits per heavy atom. The molecule has 8 heteroatoms. The van der Waals surface area contributed by atoms with Crippen molar-refractivity contribution in [2.45, 2.75) is 10.1 Å². The van der Waals surface area contributed by atoms with Crippen molar-refractivity contribution in [2.75, 3.05) is 0 Å². The van der Waals surface area contributed by atoms with E-state index in [4.69, 9.17) is 5.26 Å². The first-order valence-electron chi connectivity index (χ1n) is 8.30. The van der Waals surface area contributed by atoms with E-state index in [0.717, 1.165) is 10.4 Å². The van der Waals surface area contributed by atoms with Gasteiger partial charge in [0.1, 0.15) is 17.6 Å². The molecular formula is C20H10FN5OS. The number of fused-ring (bicyclic) bond motifs is 6. The van der Waals surface area contributed by atoms with Gasteiger partial charge in [0, 0.05) is 33.4 Å². The summed E-state index contributed by atoms with van der Waals surface area (Å²) in [5.41, 5.74) is 1.39. The molecule has 0 aliphatic heterocycles. The largest absolute Gasteiger partial charge is 0.332 e. The summed E-state index contributed by atoms with van der Waals surface area (Å²) in [4.78, 5) is 27.8. The van der Waals surface area contributed by atoms with E-state index in [1.807, 2.05) is 6.07 Å². The van der Waals surface area contributed by atoms with Crippen molar-refractivity contribution in [1.29, 1.82) is 5.26 Å². The van der Waals surface area contributed by atoms with Crippen LogP contribution in [-0.2, 0) is 0 Å². The van der Waals surface area contributed by atoms with Gasteiger partial charge < -0.3 is 9.97 Å². The van der Waals surface area contributed by atoms with Gasteiger partial charge in [-0.15, -0.1) is 0 Å². The first kappa shape index (κ1) is 16.5. The van der Waals surface area contributed by atoms with Gasteiger partial charge in [0.25, 0.3) is 5.56 Å². The lowest BCUT2D eigenvalue weighted by atomic mass is 10.0. The van der Waals surface area contributed by atoms with Crippen molar-refractivity contribution >= 4 is 44.3 Å². The van der Waals surface area contributed by atoms with Crippen molar-refractivity contribution in [3.05, 3.63) is 70.7 Å². The van der Waals surface area contributed by atoms with Crippen molar-refractivity contribution in [2.24, 2.45) is 0 Å². The quantitative estimate of drug-likeness (QED) is 0.444. The van der Waals surface area contributed by atoms with Gasteiger partial charge >= 0.3 is 0 Å². The molecule has 3 aromatic heterocycles. The number of benzene rings is 2.